The summed E-state index contributed by atoms with van der Waals surface area (Å²) < 4.78 is 8.64. The van der Waals surface area contributed by atoms with E-state index in [0.717, 1.165) is 11.1 Å². The highest BCUT2D eigenvalue weighted by atomic mass is 127. The number of hydrogen-bond donors (Lipinski definition) is 0. The van der Waals surface area contributed by atoms with Crippen molar-refractivity contribution in [3.63, 3.8) is 0 Å². The summed E-state index contributed by atoms with van der Waals surface area (Å²) in [6, 6.07) is 13.3. The second-order valence-electron chi connectivity index (χ2n) is 6.70. The van der Waals surface area contributed by atoms with Gasteiger partial charge in [-0.05, 0) is 44.9 Å². The molecule has 0 aliphatic heterocycles. The number of para-hydroxylation sites is 1. The Kier molecular flexibility index (Phi) is 6.03. The average molecular weight is 461 g/mol. The van der Waals surface area contributed by atoms with Crippen molar-refractivity contribution < 1.29 is 38.1 Å². The number of ether oxygens (including phenoxy) is 1. The summed E-state index contributed by atoms with van der Waals surface area (Å²) in [4.78, 5) is 12.4. The number of rotatable bonds is 0. The fourth-order valence-electron chi connectivity index (χ4n) is 2.38. The Hall–Kier alpha value is -2.40. The molecule has 3 rings (SSSR count). The van der Waals surface area contributed by atoms with Crippen LogP contribution in [0.25, 0.3) is 10.9 Å². The second kappa shape index (κ2) is 7.87. The summed E-state index contributed by atoms with van der Waals surface area (Å²) in [5.74, 6) is 6.18. The van der Waals surface area contributed by atoms with Crippen molar-refractivity contribution >= 4 is 17.0 Å². The summed E-state index contributed by atoms with van der Waals surface area (Å²) in [5.41, 5.74) is 1.50. The Morgan fingerprint density at radius 1 is 1.12 bits per heavy atom. The van der Waals surface area contributed by atoms with E-state index in [1.807, 2.05) is 81.0 Å². The molecule has 0 N–H and O–H groups in total. The molecule has 0 saturated heterocycles. The van der Waals surface area contributed by atoms with Crippen molar-refractivity contribution in [2.24, 2.45) is 7.05 Å². The van der Waals surface area contributed by atoms with Crippen molar-refractivity contribution in [3.8, 4) is 11.8 Å². The Balaban J connectivity index is 0.00000243. The quantitative estimate of drug-likeness (QED) is 0.270. The molecule has 26 heavy (non-hydrogen) atoms. The van der Waals surface area contributed by atoms with Crippen LogP contribution in [0.3, 0.4) is 0 Å². The Morgan fingerprint density at radius 3 is 2.50 bits per heavy atom. The lowest BCUT2D eigenvalue weighted by Crippen LogP contribution is -3.00. The minimum atomic E-state index is -0.590. The number of aryl methyl sites for hydroxylation is 1. The van der Waals surface area contributed by atoms with Gasteiger partial charge in [-0.25, -0.2) is 4.79 Å². The molecule has 0 radical (unpaired) electrons. The van der Waals surface area contributed by atoms with Crippen LogP contribution in [0.5, 0.6) is 0 Å². The lowest BCUT2D eigenvalue weighted by Gasteiger charge is -2.19. The van der Waals surface area contributed by atoms with Gasteiger partial charge in [-0.3, -0.25) is 0 Å². The third-order valence-corrected chi connectivity index (χ3v) is 3.52. The molecule has 0 amide bonds. The predicted octanol–water partition coefficient (Wildman–Crippen LogP) is 0.0478. The van der Waals surface area contributed by atoms with Crippen LogP contribution in [0.4, 0.5) is 4.79 Å². The van der Waals surface area contributed by atoms with Crippen molar-refractivity contribution in [2.45, 2.75) is 26.4 Å². The van der Waals surface area contributed by atoms with E-state index >= 15 is 0 Å². The Morgan fingerprint density at radius 2 is 1.81 bits per heavy atom. The summed E-state index contributed by atoms with van der Waals surface area (Å²) in [7, 11) is 1.93. The highest BCUT2D eigenvalue weighted by Crippen LogP contribution is 2.19. The zero-order chi connectivity index (χ0) is 18.0. The Bertz CT molecular complexity index is 1010. The molecule has 0 atom stereocenters. The van der Waals surface area contributed by atoms with Crippen LogP contribution in [0, 0.1) is 11.8 Å². The van der Waals surface area contributed by atoms with E-state index in [1.165, 1.54) is 4.68 Å². The summed E-state index contributed by atoms with van der Waals surface area (Å²) in [6.07, 6.45) is 1.42. The monoisotopic (exact) mass is 461 g/mol. The maximum absolute atomic E-state index is 12.4. The first-order valence-electron chi connectivity index (χ1n) is 8.03. The second-order valence-corrected chi connectivity index (χ2v) is 6.70. The van der Waals surface area contributed by atoms with E-state index in [-0.39, 0.29) is 24.0 Å². The number of carbonyl (C=O) groups is 1. The molecule has 3 aromatic rings. The van der Waals surface area contributed by atoms with Crippen molar-refractivity contribution in [3.05, 3.63) is 60.0 Å². The van der Waals surface area contributed by atoms with E-state index in [9.17, 15) is 4.79 Å². The summed E-state index contributed by atoms with van der Waals surface area (Å²) in [5, 5.41) is 5.20. The fraction of sp³-hybridized carbons (Fsp3) is 0.250. The molecule has 2 aromatic heterocycles. The van der Waals surface area contributed by atoms with Crippen molar-refractivity contribution in [1.29, 1.82) is 0 Å². The van der Waals surface area contributed by atoms with Gasteiger partial charge in [-0.2, -0.15) is 14.3 Å². The van der Waals surface area contributed by atoms with Gasteiger partial charge in [-0.1, -0.05) is 12.1 Å². The van der Waals surface area contributed by atoms with E-state index < -0.39 is 11.7 Å². The minimum absolute atomic E-state index is 0. The molecule has 0 aliphatic rings. The van der Waals surface area contributed by atoms with Crippen LogP contribution in [0.1, 0.15) is 32.2 Å². The van der Waals surface area contributed by atoms with E-state index in [2.05, 4.69) is 16.9 Å². The summed E-state index contributed by atoms with van der Waals surface area (Å²) in [6.45, 7) is 5.48. The van der Waals surface area contributed by atoms with Gasteiger partial charge in [0.1, 0.15) is 18.3 Å². The van der Waals surface area contributed by atoms with Crippen LogP contribution >= 0.6 is 0 Å². The molecule has 5 nitrogen and oxygen atoms in total. The lowest BCUT2D eigenvalue weighted by molar-refractivity contribution is -0.673. The first kappa shape index (κ1) is 19.9. The number of carbonyl (C=O) groups excluding carboxylic acids is 1. The van der Waals surface area contributed by atoms with Gasteiger partial charge in [0.05, 0.1) is 5.52 Å². The molecule has 134 valence electrons. The van der Waals surface area contributed by atoms with Crippen LogP contribution in [-0.4, -0.2) is 21.5 Å². The molecular weight excluding hydrogens is 441 g/mol. The number of nitrogens with zero attached hydrogens (tertiary/aromatic N) is 3. The highest BCUT2D eigenvalue weighted by Gasteiger charge is 2.21. The van der Waals surface area contributed by atoms with Gasteiger partial charge >= 0.3 is 6.09 Å². The average Bonchev–Trinajstić information content (AvgIpc) is 2.92. The third-order valence-electron chi connectivity index (χ3n) is 3.52. The zero-order valence-corrected chi connectivity index (χ0v) is 17.3. The number of benzene rings is 1. The molecule has 0 saturated carbocycles. The maximum atomic E-state index is 12.4. The van der Waals surface area contributed by atoms with E-state index in [0.29, 0.717) is 11.2 Å². The SMILES string of the molecule is C[n+]1ccccc1C#Cc1nn(C(=O)OC(C)(C)C)c2ccccc12.[I-]. The van der Waals surface area contributed by atoms with Gasteiger partial charge < -0.3 is 28.7 Å². The highest BCUT2D eigenvalue weighted by molar-refractivity contribution is 5.91. The molecule has 0 aliphatic carbocycles. The van der Waals surface area contributed by atoms with Gasteiger partial charge in [0.2, 0.25) is 0 Å². The molecule has 6 heteroatoms. The first-order chi connectivity index (χ1) is 11.8. The van der Waals surface area contributed by atoms with Crippen LogP contribution in [0.2, 0.25) is 0 Å². The molecule has 1 aromatic carbocycles. The molecule has 0 fully saturated rings. The molecule has 2 heterocycles. The Labute approximate surface area is 170 Å². The summed E-state index contributed by atoms with van der Waals surface area (Å²) >= 11 is 0. The molecule has 0 bridgehead atoms. The van der Waals surface area contributed by atoms with E-state index in [1.54, 1.807) is 0 Å². The number of fused-ring (bicyclic) bond motifs is 1. The standard InChI is InChI=1S/C20H20N3O2.HI/c1-20(2,3)25-19(24)23-18-11-6-5-10-16(18)17(21-23)13-12-15-9-7-8-14-22(15)4;/h5-11,14H,1-4H3;1H/q+1;/p-1. The fourth-order valence-corrected chi connectivity index (χ4v) is 2.38. The molecular formula is C20H20IN3O2. The minimum Gasteiger partial charge on any atom is -1.00 e. The van der Waals surface area contributed by atoms with Crippen LogP contribution in [-0.2, 0) is 11.8 Å². The smallest absolute Gasteiger partial charge is 0.435 e. The number of hydrogen-bond acceptors (Lipinski definition) is 3. The largest absolute Gasteiger partial charge is 1.00 e. The van der Waals surface area contributed by atoms with Crippen LogP contribution < -0.4 is 28.5 Å². The number of pyridine rings is 1. The third kappa shape index (κ3) is 4.41. The number of aromatic nitrogens is 3. The topological polar surface area (TPSA) is 48.0 Å². The molecule has 0 unspecified atom stereocenters. The number of halogens is 1. The van der Waals surface area contributed by atoms with Crippen LogP contribution in [0.15, 0.2) is 48.7 Å². The zero-order valence-electron chi connectivity index (χ0n) is 15.2. The van der Waals surface area contributed by atoms with Gasteiger partial charge in [-0.15, -0.1) is 0 Å². The van der Waals surface area contributed by atoms with E-state index in [4.69, 9.17) is 4.74 Å². The predicted molar refractivity (Wildman–Crippen MR) is 95.0 cm³/mol. The van der Waals surface area contributed by atoms with Crippen molar-refractivity contribution in [2.75, 3.05) is 0 Å². The normalized spacial score (nSPS) is 10.6. The maximum Gasteiger partial charge on any atom is 0.435 e. The van der Waals surface area contributed by atoms with Gasteiger partial charge in [0.25, 0.3) is 5.69 Å². The van der Waals surface area contributed by atoms with Gasteiger partial charge in [0.15, 0.2) is 6.20 Å². The molecule has 0 spiro atoms. The lowest BCUT2D eigenvalue weighted by atomic mass is 10.2. The van der Waals surface area contributed by atoms with Gasteiger partial charge in [0, 0.05) is 23.4 Å². The van der Waals surface area contributed by atoms with Crippen molar-refractivity contribution in [1.82, 2.24) is 9.78 Å². The first-order valence-corrected chi connectivity index (χ1v) is 8.03.